The molecule has 0 aliphatic heterocycles. The second-order valence-electron chi connectivity index (χ2n) is 6.21. The topological polar surface area (TPSA) is 65.2 Å². The number of hydrogen-bond donors (Lipinski definition) is 1. The van der Waals surface area contributed by atoms with E-state index in [1.54, 1.807) is 19.2 Å². The van der Waals surface area contributed by atoms with E-state index in [-0.39, 0.29) is 0 Å². The molecule has 0 saturated carbocycles. The first-order valence-electron chi connectivity index (χ1n) is 8.40. The van der Waals surface area contributed by atoms with Crippen molar-refractivity contribution in [2.24, 2.45) is 5.73 Å². The lowest BCUT2D eigenvalue weighted by Gasteiger charge is -2.10. The van der Waals surface area contributed by atoms with Gasteiger partial charge in [-0.15, -0.1) is 0 Å². The number of ether oxygens (including phenoxy) is 1. The summed E-state index contributed by atoms with van der Waals surface area (Å²) in [5.41, 5.74) is 12.3. The lowest BCUT2D eigenvalue weighted by molar-refractivity contribution is 0.100. The van der Waals surface area contributed by atoms with Crippen molar-refractivity contribution < 1.29 is 9.53 Å². The van der Waals surface area contributed by atoms with Crippen molar-refractivity contribution >= 4 is 11.5 Å². The van der Waals surface area contributed by atoms with Crippen molar-refractivity contribution in [1.29, 1.82) is 0 Å². The number of carbonyl (C=O) groups excluding carboxylic acids is 1. The largest absolute Gasteiger partial charge is 0.497 e. The van der Waals surface area contributed by atoms with E-state index in [1.807, 2.05) is 42.6 Å². The van der Waals surface area contributed by atoms with E-state index in [0.29, 0.717) is 5.56 Å². The number of rotatable bonds is 4. The van der Waals surface area contributed by atoms with Gasteiger partial charge >= 0.3 is 0 Å². The number of aromatic nitrogens is 1. The number of nitrogens with zero attached hydrogens (tertiary/aromatic N) is 1. The summed E-state index contributed by atoms with van der Waals surface area (Å²) in [6, 6.07) is 17.5. The second-order valence-corrected chi connectivity index (χ2v) is 6.21. The van der Waals surface area contributed by atoms with Crippen LogP contribution in [0.15, 0.2) is 66.9 Å². The first-order chi connectivity index (χ1) is 12.7. The molecular formula is C22H18N2O2. The van der Waals surface area contributed by atoms with Gasteiger partial charge in [0.2, 0.25) is 5.91 Å². The number of primary amides is 1. The molecule has 1 aromatic heterocycles. The van der Waals surface area contributed by atoms with Crippen LogP contribution >= 0.6 is 0 Å². The van der Waals surface area contributed by atoms with Crippen LogP contribution < -0.4 is 10.5 Å². The number of amides is 1. The van der Waals surface area contributed by atoms with Crippen LogP contribution in [0.25, 0.3) is 16.7 Å². The summed E-state index contributed by atoms with van der Waals surface area (Å²) in [6.07, 6.45) is 4.88. The quantitative estimate of drug-likeness (QED) is 0.783. The van der Waals surface area contributed by atoms with E-state index >= 15 is 0 Å². The highest BCUT2D eigenvalue weighted by molar-refractivity contribution is 5.94. The van der Waals surface area contributed by atoms with Gasteiger partial charge < -0.3 is 10.5 Å². The molecule has 128 valence electrons. The maximum atomic E-state index is 11.3. The number of allylic oxidation sites excluding steroid dienone is 1. The SMILES string of the molecule is COc1cccc(-c2cnc3c(c2)C(c2ccc(C(N)=O)cc2)=CC3)c1. The summed E-state index contributed by atoms with van der Waals surface area (Å²) >= 11 is 0. The Balaban J connectivity index is 1.72. The van der Waals surface area contributed by atoms with Crippen molar-refractivity contribution in [2.45, 2.75) is 6.42 Å². The lowest BCUT2D eigenvalue weighted by atomic mass is 9.97. The lowest BCUT2D eigenvalue weighted by Crippen LogP contribution is -2.10. The average Bonchev–Trinajstić information content (AvgIpc) is 3.11. The molecule has 4 nitrogen and oxygen atoms in total. The number of fused-ring (bicyclic) bond motifs is 1. The van der Waals surface area contributed by atoms with Crippen LogP contribution in [0.3, 0.4) is 0 Å². The third-order valence-corrected chi connectivity index (χ3v) is 4.64. The Hall–Kier alpha value is -3.40. The van der Waals surface area contributed by atoms with Crippen LogP contribution in [0.2, 0.25) is 0 Å². The van der Waals surface area contributed by atoms with Gasteiger partial charge in [-0.05, 0) is 47.0 Å². The number of carbonyl (C=O) groups is 1. The first kappa shape index (κ1) is 16.1. The molecule has 1 aliphatic rings. The summed E-state index contributed by atoms with van der Waals surface area (Å²) < 4.78 is 5.32. The highest BCUT2D eigenvalue weighted by Crippen LogP contribution is 2.35. The Morgan fingerprint density at radius 3 is 2.58 bits per heavy atom. The van der Waals surface area contributed by atoms with E-state index < -0.39 is 5.91 Å². The van der Waals surface area contributed by atoms with Crippen LogP contribution in [-0.4, -0.2) is 18.0 Å². The molecule has 3 aromatic rings. The first-order valence-corrected chi connectivity index (χ1v) is 8.40. The molecule has 0 unspecified atom stereocenters. The molecule has 0 radical (unpaired) electrons. The average molecular weight is 342 g/mol. The fourth-order valence-corrected chi connectivity index (χ4v) is 3.25. The van der Waals surface area contributed by atoms with Gasteiger partial charge in [-0.25, -0.2) is 0 Å². The molecule has 0 saturated heterocycles. The summed E-state index contributed by atoms with van der Waals surface area (Å²) in [6.45, 7) is 0. The highest BCUT2D eigenvalue weighted by Gasteiger charge is 2.18. The van der Waals surface area contributed by atoms with Crippen molar-refractivity contribution in [3.05, 3.63) is 89.3 Å². The van der Waals surface area contributed by atoms with Crippen LogP contribution in [0, 0.1) is 0 Å². The van der Waals surface area contributed by atoms with Gasteiger partial charge in [0.25, 0.3) is 0 Å². The van der Waals surface area contributed by atoms with Crippen LogP contribution in [0.4, 0.5) is 0 Å². The number of nitrogens with two attached hydrogens (primary N) is 1. The molecular weight excluding hydrogens is 324 g/mol. The van der Waals surface area contributed by atoms with Gasteiger partial charge in [-0.2, -0.15) is 0 Å². The van der Waals surface area contributed by atoms with Gasteiger partial charge in [0.1, 0.15) is 5.75 Å². The Bertz CT molecular complexity index is 1020. The second kappa shape index (κ2) is 6.48. The fraction of sp³-hybridized carbons (Fsp3) is 0.0909. The zero-order valence-electron chi connectivity index (χ0n) is 14.4. The van der Waals surface area contributed by atoms with Crippen LogP contribution in [0.1, 0.15) is 27.2 Å². The summed E-state index contributed by atoms with van der Waals surface area (Å²) in [7, 11) is 1.66. The maximum Gasteiger partial charge on any atom is 0.248 e. The van der Waals surface area contributed by atoms with Crippen molar-refractivity contribution in [2.75, 3.05) is 7.11 Å². The number of pyridine rings is 1. The Labute approximate surface area is 152 Å². The molecule has 2 aromatic carbocycles. The molecule has 1 heterocycles. The predicted octanol–water partition coefficient (Wildman–Crippen LogP) is 3.84. The van der Waals surface area contributed by atoms with Crippen molar-refractivity contribution in [1.82, 2.24) is 4.98 Å². The van der Waals surface area contributed by atoms with E-state index in [1.165, 1.54) is 0 Å². The molecule has 0 atom stereocenters. The normalized spacial score (nSPS) is 12.4. The molecule has 2 N–H and O–H groups in total. The van der Waals surface area contributed by atoms with Gasteiger partial charge in [0.15, 0.2) is 0 Å². The van der Waals surface area contributed by atoms with Gasteiger partial charge in [0, 0.05) is 29.3 Å². The standard InChI is InChI=1S/C22H18N2O2/c1-26-18-4-2-3-16(11-18)17-12-20-19(9-10-21(20)24-13-17)14-5-7-15(8-6-14)22(23)25/h2-9,11-13H,10H2,1H3,(H2,23,25). The van der Waals surface area contributed by atoms with Gasteiger partial charge in [0.05, 0.1) is 12.8 Å². The molecule has 4 heteroatoms. The van der Waals surface area contributed by atoms with E-state index in [4.69, 9.17) is 10.5 Å². The minimum atomic E-state index is -0.417. The van der Waals surface area contributed by atoms with Gasteiger partial charge in [-0.3, -0.25) is 9.78 Å². The Morgan fingerprint density at radius 2 is 1.85 bits per heavy atom. The zero-order chi connectivity index (χ0) is 18.1. The van der Waals surface area contributed by atoms with E-state index in [0.717, 1.165) is 45.7 Å². The minimum absolute atomic E-state index is 0.417. The van der Waals surface area contributed by atoms with Crippen molar-refractivity contribution in [3.8, 4) is 16.9 Å². The summed E-state index contributed by atoms with van der Waals surface area (Å²) in [5.74, 6) is 0.403. The molecule has 0 bridgehead atoms. The maximum absolute atomic E-state index is 11.3. The molecule has 1 aliphatic carbocycles. The molecule has 26 heavy (non-hydrogen) atoms. The van der Waals surface area contributed by atoms with E-state index in [2.05, 4.69) is 17.1 Å². The van der Waals surface area contributed by atoms with Gasteiger partial charge in [-0.1, -0.05) is 30.3 Å². The van der Waals surface area contributed by atoms with E-state index in [9.17, 15) is 4.79 Å². The Morgan fingerprint density at radius 1 is 1.04 bits per heavy atom. The van der Waals surface area contributed by atoms with Crippen LogP contribution in [-0.2, 0) is 6.42 Å². The third-order valence-electron chi connectivity index (χ3n) is 4.64. The summed E-state index contributed by atoms with van der Waals surface area (Å²) in [5, 5.41) is 0. The predicted molar refractivity (Wildman–Crippen MR) is 102 cm³/mol. The number of benzene rings is 2. The molecule has 0 spiro atoms. The monoisotopic (exact) mass is 342 g/mol. The third kappa shape index (κ3) is 2.86. The Kier molecular flexibility index (Phi) is 4.01. The smallest absolute Gasteiger partial charge is 0.248 e. The van der Waals surface area contributed by atoms with Crippen LogP contribution in [0.5, 0.6) is 5.75 Å². The number of methoxy groups -OCH3 is 1. The summed E-state index contributed by atoms with van der Waals surface area (Å²) in [4.78, 5) is 15.9. The molecule has 0 fully saturated rings. The fourth-order valence-electron chi connectivity index (χ4n) is 3.25. The zero-order valence-corrected chi connectivity index (χ0v) is 14.4. The molecule has 4 rings (SSSR count). The number of hydrogen-bond acceptors (Lipinski definition) is 3. The van der Waals surface area contributed by atoms with Crippen molar-refractivity contribution in [3.63, 3.8) is 0 Å². The highest BCUT2D eigenvalue weighted by atomic mass is 16.5. The minimum Gasteiger partial charge on any atom is -0.497 e. The molecule has 1 amide bonds.